The van der Waals surface area contributed by atoms with Crippen LogP contribution in [0.2, 0.25) is 0 Å². The number of nitro benzene ring substituents is 1. The number of aromatic carboxylic acids is 1. The van der Waals surface area contributed by atoms with E-state index in [9.17, 15) is 23.3 Å². The molecular weight excluding hydrogens is 400 g/mol. The first kappa shape index (κ1) is 19.9. The van der Waals surface area contributed by atoms with Crippen molar-refractivity contribution < 1.29 is 23.2 Å². The molecule has 29 heavy (non-hydrogen) atoms. The summed E-state index contributed by atoms with van der Waals surface area (Å²) in [6.45, 7) is 1.64. The van der Waals surface area contributed by atoms with Gasteiger partial charge in [-0.1, -0.05) is 6.07 Å². The Hall–Kier alpha value is -3.86. The van der Waals surface area contributed by atoms with E-state index in [2.05, 4.69) is 14.7 Å². The largest absolute Gasteiger partial charge is 0.478 e. The van der Waals surface area contributed by atoms with E-state index in [0.717, 1.165) is 6.07 Å². The monoisotopic (exact) mass is 414 g/mol. The minimum absolute atomic E-state index is 0.228. The maximum absolute atomic E-state index is 12.7. The van der Waals surface area contributed by atoms with Crippen molar-refractivity contribution >= 4 is 27.4 Å². The van der Waals surface area contributed by atoms with Crippen LogP contribution >= 0.6 is 0 Å². The van der Waals surface area contributed by atoms with Crippen LogP contribution in [-0.2, 0) is 10.0 Å². The molecule has 11 heteroatoms. The van der Waals surface area contributed by atoms with E-state index in [-0.39, 0.29) is 16.1 Å². The summed E-state index contributed by atoms with van der Waals surface area (Å²) in [4.78, 5) is 29.3. The second-order valence-electron chi connectivity index (χ2n) is 6.01. The SMILES string of the molecule is Cc1cc([N+](=O)[O-])c(NS(=O)(=O)c2cccc(C(=O)O)c2)cc1-c1cncnc1. The van der Waals surface area contributed by atoms with Crippen LogP contribution in [0.1, 0.15) is 15.9 Å². The molecule has 0 fully saturated rings. The highest BCUT2D eigenvalue weighted by Crippen LogP contribution is 2.34. The molecular formula is C18H14N4O6S. The number of hydrogen-bond donors (Lipinski definition) is 2. The molecule has 0 saturated carbocycles. The van der Waals surface area contributed by atoms with Crippen molar-refractivity contribution in [2.75, 3.05) is 4.72 Å². The molecule has 0 spiro atoms. The minimum Gasteiger partial charge on any atom is -0.478 e. The topological polar surface area (TPSA) is 152 Å². The van der Waals surface area contributed by atoms with Crippen molar-refractivity contribution in [2.45, 2.75) is 11.8 Å². The predicted octanol–water partition coefficient (Wildman–Crippen LogP) is 2.86. The number of carbonyl (C=O) groups is 1. The van der Waals surface area contributed by atoms with Crippen LogP contribution in [0.3, 0.4) is 0 Å². The summed E-state index contributed by atoms with van der Waals surface area (Å²) >= 11 is 0. The maximum atomic E-state index is 12.7. The van der Waals surface area contributed by atoms with Gasteiger partial charge in [-0.05, 0) is 42.3 Å². The molecule has 0 unspecified atom stereocenters. The van der Waals surface area contributed by atoms with Gasteiger partial charge in [-0.15, -0.1) is 0 Å². The lowest BCUT2D eigenvalue weighted by atomic mass is 10.0. The zero-order chi connectivity index (χ0) is 21.2. The summed E-state index contributed by atoms with van der Waals surface area (Å²) in [5, 5.41) is 20.5. The Morgan fingerprint density at radius 2 is 1.86 bits per heavy atom. The Balaban J connectivity index is 2.11. The van der Waals surface area contributed by atoms with E-state index in [1.165, 1.54) is 49.1 Å². The van der Waals surface area contributed by atoms with Crippen molar-refractivity contribution in [1.82, 2.24) is 9.97 Å². The summed E-state index contributed by atoms with van der Waals surface area (Å²) < 4.78 is 27.7. The van der Waals surface area contributed by atoms with Crippen molar-refractivity contribution in [3.8, 4) is 11.1 Å². The van der Waals surface area contributed by atoms with E-state index >= 15 is 0 Å². The molecule has 148 valence electrons. The average molecular weight is 414 g/mol. The molecule has 0 amide bonds. The molecule has 3 rings (SSSR count). The van der Waals surface area contributed by atoms with Gasteiger partial charge in [0.1, 0.15) is 12.0 Å². The Labute approximate surface area is 165 Å². The van der Waals surface area contributed by atoms with Crippen LogP contribution in [-0.4, -0.2) is 34.4 Å². The summed E-state index contributed by atoms with van der Waals surface area (Å²) in [6.07, 6.45) is 4.31. The van der Waals surface area contributed by atoms with Gasteiger partial charge in [-0.3, -0.25) is 14.8 Å². The second kappa shape index (κ2) is 7.64. The molecule has 1 aromatic heterocycles. The molecule has 0 radical (unpaired) electrons. The van der Waals surface area contributed by atoms with Crippen LogP contribution in [0.25, 0.3) is 11.1 Å². The van der Waals surface area contributed by atoms with Crippen LogP contribution in [0.4, 0.5) is 11.4 Å². The molecule has 10 nitrogen and oxygen atoms in total. The first-order chi connectivity index (χ1) is 13.7. The molecule has 0 aliphatic rings. The zero-order valence-corrected chi connectivity index (χ0v) is 15.8. The van der Waals surface area contributed by atoms with Gasteiger partial charge in [0.15, 0.2) is 0 Å². The highest BCUT2D eigenvalue weighted by atomic mass is 32.2. The number of aromatic nitrogens is 2. The van der Waals surface area contributed by atoms with Crippen LogP contribution < -0.4 is 4.72 Å². The highest BCUT2D eigenvalue weighted by molar-refractivity contribution is 7.92. The van der Waals surface area contributed by atoms with E-state index in [4.69, 9.17) is 5.11 Å². The Bertz CT molecular complexity index is 1210. The van der Waals surface area contributed by atoms with E-state index < -0.39 is 26.6 Å². The third kappa shape index (κ3) is 4.19. The van der Waals surface area contributed by atoms with Gasteiger partial charge in [-0.2, -0.15) is 0 Å². The number of rotatable bonds is 6. The molecule has 0 aliphatic carbocycles. The van der Waals surface area contributed by atoms with Crippen LogP contribution in [0.5, 0.6) is 0 Å². The lowest BCUT2D eigenvalue weighted by Crippen LogP contribution is -2.15. The van der Waals surface area contributed by atoms with Crippen LogP contribution in [0, 0.1) is 17.0 Å². The van der Waals surface area contributed by atoms with Gasteiger partial charge >= 0.3 is 5.97 Å². The number of hydrogen-bond acceptors (Lipinski definition) is 7. The highest BCUT2D eigenvalue weighted by Gasteiger charge is 2.24. The average Bonchev–Trinajstić information content (AvgIpc) is 2.69. The van der Waals surface area contributed by atoms with Crippen LogP contribution in [0.15, 0.2) is 60.0 Å². The number of carboxylic acid groups (broad SMARTS) is 1. The Kier molecular flexibility index (Phi) is 5.24. The number of carboxylic acids is 1. The van der Waals surface area contributed by atoms with E-state index in [1.54, 1.807) is 6.92 Å². The van der Waals surface area contributed by atoms with Gasteiger partial charge in [0.05, 0.1) is 15.4 Å². The van der Waals surface area contributed by atoms with Crippen molar-refractivity contribution in [3.05, 3.63) is 76.4 Å². The molecule has 0 atom stereocenters. The van der Waals surface area contributed by atoms with Crippen molar-refractivity contribution in [3.63, 3.8) is 0 Å². The molecule has 0 saturated heterocycles. The zero-order valence-electron chi connectivity index (χ0n) is 14.9. The first-order valence-corrected chi connectivity index (χ1v) is 9.58. The Morgan fingerprint density at radius 1 is 1.17 bits per heavy atom. The number of nitrogens with one attached hydrogen (secondary N) is 1. The standard InChI is InChI=1S/C18H14N4O6S/c1-11-5-17(22(25)26)16(7-15(11)13-8-19-10-20-9-13)21-29(27,28)14-4-2-3-12(6-14)18(23)24/h2-10,21H,1H3,(H,23,24). The number of nitro groups is 1. The van der Waals surface area contributed by atoms with Gasteiger partial charge in [0.25, 0.3) is 15.7 Å². The summed E-state index contributed by atoms with van der Waals surface area (Å²) in [6, 6.07) is 7.24. The number of sulfonamides is 1. The maximum Gasteiger partial charge on any atom is 0.335 e. The minimum atomic E-state index is -4.29. The molecule has 2 aromatic carbocycles. The smallest absolute Gasteiger partial charge is 0.335 e. The fourth-order valence-corrected chi connectivity index (χ4v) is 3.79. The second-order valence-corrected chi connectivity index (χ2v) is 7.69. The number of nitrogens with zero attached hydrogens (tertiary/aromatic N) is 3. The molecule has 1 heterocycles. The fourth-order valence-electron chi connectivity index (χ4n) is 2.67. The van der Waals surface area contributed by atoms with Gasteiger partial charge in [-0.25, -0.2) is 23.2 Å². The molecule has 0 aliphatic heterocycles. The number of anilines is 1. The van der Waals surface area contributed by atoms with E-state index in [1.807, 2.05) is 0 Å². The van der Waals surface area contributed by atoms with Gasteiger partial charge in [0.2, 0.25) is 0 Å². The van der Waals surface area contributed by atoms with Gasteiger partial charge < -0.3 is 5.11 Å². The lowest BCUT2D eigenvalue weighted by molar-refractivity contribution is -0.383. The van der Waals surface area contributed by atoms with E-state index in [0.29, 0.717) is 16.7 Å². The first-order valence-electron chi connectivity index (χ1n) is 8.09. The summed E-state index contributed by atoms with van der Waals surface area (Å²) in [5.74, 6) is -1.30. The van der Waals surface area contributed by atoms with Crippen molar-refractivity contribution in [2.24, 2.45) is 0 Å². The number of benzene rings is 2. The fraction of sp³-hybridized carbons (Fsp3) is 0.0556. The summed E-state index contributed by atoms with van der Waals surface area (Å²) in [5.41, 5.74) is 0.651. The normalized spacial score (nSPS) is 11.1. The third-order valence-corrected chi connectivity index (χ3v) is 5.41. The predicted molar refractivity (Wildman–Crippen MR) is 103 cm³/mol. The third-order valence-electron chi connectivity index (χ3n) is 4.05. The van der Waals surface area contributed by atoms with Gasteiger partial charge in [0, 0.05) is 24.0 Å². The lowest BCUT2D eigenvalue weighted by Gasteiger charge is -2.12. The molecule has 0 bridgehead atoms. The molecule has 3 aromatic rings. The van der Waals surface area contributed by atoms with Crippen molar-refractivity contribution in [1.29, 1.82) is 0 Å². The quantitative estimate of drug-likeness (QED) is 0.461. The molecule has 2 N–H and O–H groups in total. The number of aryl methyl sites for hydroxylation is 1. The summed E-state index contributed by atoms with van der Waals surface area (Å²) in [7, 11) is -4.29. The Morgan fingerprint density at radius 3 is 2.48 bits per heavy atom.